The summed E-state index contributed by atoms with van der Waals surface area (Å²) in [6.07, 6.45) is -3.30. The lowest BCUT2D eigenvalue weighted by molar-refractivity contribution is -0.187. The summed E-state index contributed by atoms with van der Waals surface area (Å²) >= 11 is 0. The number of hydrogen-bond acceptors (Lipinski definition) is 2. The van der Waals surface area contributed by atoms with Crippen LogP contribution in [0.5, 0.6) is 5.75 Å². The van der Waals surface area contributed by atoms with Gasteiger partial charge in [0.1, 0.15) is 23.2 Å². The Hall–Kier alpha value is -4.48. The van der Waals surface area contributed by atoms with Crippen molar-refractivity contribution < 1.29 is 53.4 Å². The van der Waals surface area contributed by atoms with Crippen molar-refractivity contribution in [3.63, 3.8) is 0 Å². The molecule has 0 aliphatic carbocycles. The zero-order valence-corrected chi connectivity index (χ0v) is 22.1. The van der Waals surface area contributed by atoms with Gasteiger partial charge in [-0.05, 0) is 41.8 Å². The molecule has 226 valence electrons. The molecule has 4 aromatic carbocycles. The molecule has 2 nitrogen and oxygen atoms in total. The predicted octanol–water partition coefficient (Wildman–Crippen LogP) is 10.4. The standard InChI is InChI=1S/C31H20F10O2/c1-2-3-10-42-30(39)28(37)18-5-8-21(24(33)13-18)16-4-7-20(23(32)11-16)17-6-9-22(25(34)12-17)31(40,41)43-19-14-26(35)29(38)27(36)15-19/h4-9,11-15H,2-3,10H2,1H3/b30-28-. The summed E-state index contributed by atoms with van der Waals surface area (Å²) < 4.78 is 151. The van der Waals surface area contributed by atoms with Crippen molar-refractivity contribution >= 4 is 5.83 Å². The van der Waals surface area contributed by atoms with Crippen LogP contribution in [0.3, 0.4) is 0 Å². The second-order valence-corrected chi connectivity index (χ2v) is 9.19. The first-order chi connectivity index (χ1) is 20.3. The quantitative estimate of drug-likeness (QED) is 0.0766. The zero-order chi connectivity index (χ0) is 31.5. The minimum atomic E-state index is -4.47. The Morgan fingerprint density at radius 3 is 1.79 bits per heavy atom. The van der Waals surface area contributed by atoms with Crippen LogP contribution in [0.4, 0.5) is 43.9 Å². The predicted molar refractivity (Wildman–Crippen MR) is 138 cm³/mol. The largest absolute Gasteiger partial charge is 0.469 e. The highest BCUT2D eigenvalue weighted by Crippen LogP contribution is 2.37. The maximum absolute atomic E-state index is 15.0. The van der Waals surface area contributed by atoms with Gasteiger partial charge in [0.25, 0.3) is 0 Å². The van der Waals surface area contributed by atoms with Crippen molar-refractivity contribution in [3.8, 4) is 28.0 Å². The van der Waals surface area contributed by atoms with Crippen LogP contribution in [0.2, 0.25) is 0 Å². The second-order valence-electron chi connectivity index (χ2n) is 9.19. The molecular formula is C31H20F10O2. The molecule has 0 saturated heterocycles. The van der Waals surface area contributed by atoms with Gasteiger partial charge in [-0.25, -0.2) is 26.3 Å². The highest BCUT2D eigenvalue weighted by Gasteiger charge is 2.38. The van der Waals surface area contributed by atoms with Gasteiger partial charge >= 0.3 is 12.1 Å². The smallest absolute Gasteiger partial charge is 0.429 e. The number of alkyl halides is 2. The highest BCUT2D eigenvalue weighted by molar-refractivity contribution is 5.73. The van der Waals surface area contributed by atoms with E-state index in [4.69, 9.17) is 0 Å². The van der Waals surface area contributed by atoms with Crippen LogP contribution in [0.1, 0.15) is 30.9 Å². The van der Waals surface area contributed by atoms with Gasteiger partial charge < -0.3 is 9.47 Å². The van der Waals surface area contributed by atoms with Crippen LogP contribution in [0.15, 0.2) is 72.7 Å². The van der Waals surface area contributed by atoms with Gasteiger partial charge in [-0.3, -0.25) is 0 Å². The fraction of sp³-hybridized carbons (Fsp3) is 0.161. The Bertz CT molecular complexity index is 1660. The highest BCUT2D eigenvalue weighted by atomic mass is 19.3. The SMILES string of the molecule is CCCCO/C(F)=C(\F)c1ccc(-c2ccc(-c3ccc(C(F)(F)Oc4cc(F)c(F)c(F)c4)c(F)c3)c(F)c2)c(F)c1. The first kappa shape index (κ1) is 31.5. The number of benzene rings is 4. The van der Waals surface area contributed by atoms with E-state index in [1.165, 1.54) is 6.07 Å². The van der Waals surface area contributed by atoms with Gasteiger partial charge in [-0.1, -0.05) is 43.7 Å². The molecule has 0 aromatic heterocycles. The van der Waals surface area contributed by atoms with Crippen molar-refractivity contribution in [1.82, 2.24) is 0 Å². The van der Waals surface area contributed by atoms with Crippen LogP contribution in [-0.4, -0.2) is 6.61 Å². The molecule has 0 saturated carbocycles. The Kier molecular flexibility index (Phi) is 9.37. The minimum Gasteiger partial charge on any atom is -0.469 e. The molecule has 0 aliphatic rings. The summed E-state index contributed by atoms with van der Waals surface area (Å²) in [6.45, 7) is 1.76. The van der Waals surface area contributed by atoms with E-state index in [-0.39, 0.29) is 41.0 Å². The summed E-state index contributed by atoms with van der Waals surface area (Å²) in [5, 5.41) is 0. The zero-order valence-electron chi connectivity index (χ0n) is 22.1. The van der Waals surface area contributed by atoms with E-state index < -0.39 is 69.7 Å². The van der Waals surface area contributed by atoms with E-state index in [0.29, 0.717) is 31.0 Å². The third-order valence-corrected chi connectivity index (χ3v) is 6.20. The minimum absolute atomic E-state index is 0.0230. The molecule has 0 N–H and O–H groups in total. The summed E-state index contributed by atoms with van der Waals surface area (Å²) in [5.41, 5.74) is -2.49. The van der Waals surface area contributed by atoms with E-state index in [0.717, 1.165) is 30.3 Å². The molecule has 0 spiro atoms. The van der Waals surface area contributed by atoms with Gasteiger partial charge in [0.2, 0.25) is 5.83 Å². The lowest BCUT2D eigenvalue weighted by Gasteiger charge is -2.19. The van der Waals surface area contributed by atoms with Crippen molar-refractivity contribution in [1.29, 1.82) is 0 Å². The van der Waals surface area contributed by atoms with Crippen molar-refractivity contribution in [2.75, 3.05) is 6.61 Å². The van der Waals surface area contributed by atoms with Gasteiger partial charge in [-0.2, -0.15) is 17.6 Å². The van der Waals surface area contributed by atoms with Crippen molar-refractivity contribution in [3.05, 3.63) is 119 Å². The van der Waals surface area contributed by atoms with Crippen LogP contribution in [0, 0.1) is 34.9 Å². The maximum Gasteiger partial charge on any atom is 0.429 e. The maximum atomic E-state index is 15.0. The normalized spacial score (nSPS) is 12.3. The van der Waals surface area contributed by atoms with Gasteiger partial charge in [0.15, 0.2) is 17.5 Å². The summed E-state index contributed by atoms with van der Waals surface area (Å²) in [4.78, 5) is 0. The van der Waals surface area contributed by atoms with E-state index in [2.05, 4.69) is 9.47 Å². The summed E-state index contributed by atoms with van der Waals surface area (Å²) in [5.74, 6) is -11.6. The Morgan fingerprint density at radius 1 is 0.674 bits per heavy atom. The van der Waals surface area contributed by atoms with Crippen LogP contribution in [0.25, 0.3) is 28.1 Å². The fourth-order valence-electron chi connectivity index (χ4n) is 4.00. The Morgan fingerprint density at radius 2 is 1.23 bits per heavy atom. The van der Waals surface area contributed by atoms with Crippen LogP contribution >= 0.6 is 0 Å². The number of hydrogen-bond donors (Lipinski definition) is 0. The van der Waals surface area contributed by atoms with Gasteiger partial charge in [0.05, 0.1) is 12.2 Å². The Labute approximate surface area is 238 Å². The van der Waals surface area contributed by atoms with Gasteiger partial charge in [0, 0.05) is 28.8 Å². The molecular weight excluding hydrogens is 594 g/mol. The molecule has 43 heavy (non-hydrogen) atoms. The monoisotopic (exact) mass is 614 g/mol. The third kappa shape index (κ3) is 6.95. The molecule has 0 amide bonds. The number of halogens is 10. The molecule has 0 unspecified atom stereocenters. The molecule has 4 rings (SSSR count). The molecule has 0 fully saturated rings. The van der Waals surface area contributed by atoms with E-state index in [1.807, 2.05) is 6.92 Å². The van der Waals surface area contributed by atoms with E-state index in [9.17, 15) is 39.5 Å². The number of rotatable bonds is 10. The second kappa shape index (κ2) is 12.8. The van der Waals surface area contributed by atoms with E-state index in [1.54, 1.807) is 0 Å². The average molecular weight is 614 g/mol. The summed E-state index contributed by atoms with van der Waals surface area (Å²) in [6, 6.07) is 6.91. The first-order valence-corrected chi connectivity index (χ1v) is 12.6. The van der Waals surface area contributed by atoms with Gasteiger partial charge in [-0.15, -0.1) is 0 Å². The van der Waals surface area contributed by atoms with Crippen LogP contribution < -0.4 is 4.74 Å². The third-order valence-electron chi connectivity index (χ3n) is 6.20. The van der Waals surface area contributed by atoms with Crippen LogP contribution in [-0.2, 0) is 10.8 Å². The average Bonchev–Trinajstić information content (AvgIpc) is 2.95. The number of unbranched alkanes of at least 4 members (excludes halogenated alkanes) is 1. The molecule has 0 atom stereocenters. The fourth-order valence-corrected chi connectivity index (χ4v) is 4.00. The topological polar surface area (TPSA) is 18.5 Å². The van der Waals surface area contributed by atoms with Crippen molar-refractivity contribution in [2.24, 2.45) is 0 Å². The first-order valence-electron chi connectivity index (χ1n) is 12.6. The molecule has 0 bridgehead atoms. The molecule has 0 heterocycles. The number of ether oxygens (including phenoxy) is 2. The lowest BCUT2D eigenvalue weighted by atomic mass is 9.97. The molecule has 4 aromatic rings. The molecule has 0 radical (unpaired) electrons. The lowest BCUT2D eigenvalue weighted by Crippen LogP contribution is -2.23. The molecule has 0 aliphatic heterocycles. The van der Waals surface area contributed by atoms with Crippen molar-refractivity contribution in [2.45, 2.75) is 25.9 Å². The summed E-state index contributed by atoms with van der Waals surface area (Å²) in [7, 11) is 0. The van der Waals surface area contributed by atoms with E-state index >= 15 is 4.39 Å². The Balaban J connectivity index is 1.57. The molecule has 12 heteroatoms.